The fourth-order valence-corrected chi connectivity index (χ4v) is 3.09. The molecule has 0 aromatic heterocycles. The maximum atomic E-state index is 9.42. The summed E-state index contributed by atoms with van der Waals surface area (Å²) < 4.78 is 5.86. The van der Waals surface area contributed by atoms with E-state index in [4.69, 9.17) is 4.74 Å². The Balaban J connectivity index is 1.83. The molecule has 1 aliphatic heterocycles. The van der Waals surface area contributed by atoms with Crippen molar-refractivity contribution in [2.75, 3.05) is 19.7 Å². The van der Waals surface area contributed by atoms with Crippen LogP contribution in [0.25, 0.3) is 5.70 Å². The molecular weight excluding hydrogens is 250 g/mol. The smallest absolute Gasteiger partial charge is 0.104 e. The number of fused-ring (bicyclic) bond motifs is 1. The van der Waals surface area contributed by atoms with Crippen LogP contribution >= 0.6 is 0 Å². The fourth-order valence-electron chi connectivity index (χ4n) is 3.09. The third-order valence-corrected chi connectivity index (χ3v) is 4.07. The number of benzene rings is 1. The lowest BCUT2D eigenvalue weighted by Gasteiger charge is -2.30. The molecule has 108 valence electrons. The number of nitrogens with zero attached hydrogens (tertiary/aromatic N) is 1. The Morgan fingerprint density at radius 2 is 2.00 bits per heavy atom. The molecule has 0 saturated carbocycles. The Bertz CT molecular complexity index is 490. The van der Waals surface area contributed by atoms with Crippen molar-refractivity contribution in [2.45, 2.75) is 38.4 Å². The van der Waals surface area contributed by atoms with Crippen LogP contribution in [0.5, 0.6) is 0 Å². The standard InChI is InChI=1S/C17H23NO2/c1-13(19)12-20-17-11-16(18-9-5-2-6-10-18)14-7-3-4-8-15(14)17/h3-4,7-8,11,13,17,19H,2,5-6,9-10,12H2,1H3. The molecule has 1 heterocycles. The van der Waals surface area contributed by atoms with Gasteiger partial charge in [0.05, 0.1) is 12.7 Å². The van der Waals surface area contributed by atoms with Crippen molar-refractivity contribution >= 4 is 5.70 Å². The molecule has 2 unspecified atom stereocenters. The summed E-state index contributed by atoms with van der Waals surface area (Å²) in [7, 11) is 0. The van der Waals surface area contributed by atoms with Crippen molar-refractivity contribution in [2.24, 2.45) is 0 Å². The second-order valence-electron chi connectivity index (χ2n) is 5.79. The van der Waals surface area contributed by atoms with Crippen LogP contribution in [-0.2, 0) is 4.74 Å². The van der Waals surface area contributed by atoms with Crippen LogP contribution in [0.2, 0.25) is 0 Å². The van der Waals surface area contributed by atoms with Gasteiger partial charge in [0.15, 0.2) is 0 Å². The van der Waals surface area contributed by atoms with Gasteiger partial charge >= 0.3 is 0 Å². The van der Waals surface area contributed by atoms with Crippen LogP contribution in [0, 0.1) is 0 Å². The Morgan fingerprint density at radius 3 is 2.75 bits per heavy atom. The first-order valence-electron chi connectivity index (χ1n) is 7.61. The minimum Gasteiger partial charge on any atom is -0.391 e. The minimum atomic E-state index is -0.422. The Morgan fingerprint density at radius 1 is 1.25 bits per heavy atom. The molecule has 2 atom stereocenters. The molecule has 0 amide bonds. The highest BCUT2D eigenvalue weighted by Crippen LogP contribution is 2.39. The topological polar surface area (TPSA) is 32.7 Å². The highest BCUT2D eigenvalue weighted by molar-refractivity contribution is 5.73. The predicted octanol–water partition coefficient (Wildman–Crippen LogP) is 2.97. The monoisotopic (exact) mass is 273 g/mol. The summed E-state index contributed by atoms with van der Waals surface area (Å²) >= 11 is 0. The van der Waals surface area contributed by atoms with Crippen molar-refractivity contribution < 1.29 is 9.84 Å². The van der Waals surface area contributed by atoms with E-state index in [1.165, 1.54) is 36.1 Å². The van der Waals surface area contributed by atoms with Crippen molar-refractivity contribution in [3.63, 3.8) is 0 Å². The molecule has 0 bridgehead atoms. The number of likely N-dealkylation sites (tertiary alicyclic amines) is 1. The summed E-state index contributed by atoms with van der Waals surface area (Å²) in [4.78, 5) is 2.48. The van der Waals surface area contributed by atoms with E-state index in [9.17, 15) is 5.11 Å². The predicted molar refractivity (Wildman–Crippen MR) is 80.2 cm³/mol. The summed E-state index contributed by atoms with van der Waals surface area (Å²) in [5.41, 5.74) is 3.84. The third kappa shape index (κ3) is 2.74. The van der Waals surface area contributed by atoms with Crippen molar-refractivity contribution in [3.05, 3.63) is 41.5 Å². The minimum absolute atomic E-state index is 0.0160. The van der Waals surface area contributed by atoms with E-state index in [1.54, 1.807) is 6.92 Å². The molecule has 3 heteroatoms. The second-order valence-corrected chi connectivity index (χ2v) is 5.79. The maximum absolute atomic E-state index is 9.42. The summed E-state index contributed by atoms with van der Waals surface area (Å²) in [5, 5.41) is 9.42. The van der Waals surface area contributed by atoms with Crippen LogP contribution in [0.15, 0.2) is 30.3 Å². The molecule has 1 aromatic carbocycles. The van der Waals surface area contributed by atoms with Crippen molar-refractivity contribution in [1.29, 1.82) is 0 Å². The molecule has 0 radical (unpaired) electrons. The van der Waals surface area contributed by atoms with E-state index in [2.05, 4.69) is 35.2 Å². The molecule has 1 N–H and O–H groups in total. The summed E-state index contributed by atoms with van der Waals surface area (Å²) in [6, 6.07) is 8.47. The highest BCUT2D eigenvalue weighted by Gasteiger charge is 2.27. The van der Waals surface area contributed by atoms with Gasteiger partial charge in [-0.3, -0.25) is 0 Å². The number of hydrogen-bond donors (Lipinski definition) is 1. The average Bonchev–Trinajstić information content (AvgIpc) is 2.85. The molecule has 3 nitrogen and oxygen atoms in total. The van der Waals surface area contributed by atoms with Gasteiger partial charge in [0.1, 0.15) is 6.10 Å². The second kappa shape index (κ2) is 5.98. The van der Waals surface area contributed by atoms with E-state index in [0.29, 0.717) is 6.61 Å². The average molecular weight is 273 g/mol. The zero-order valence-electron chi connectivity index (χ0n) is 12.1. The Kier molecular flexibility index (Phi) is 4.08. The molecule has 3 rings (SSSR count). The van der Waals surface area contributed by atoms with E-state index in [0.717, 1.165) is 13.1 Å². The zero-order chi connectivity index (χ0) is 13.9. The van der Waals surface area contributed by atoms with Gasteiger partial charge in [-0.15, -0.1) is 0 Å². The van der Waals surface area contributed by atoms with Crippen LogP contribution in [0.3, 0.4) is 0 Å². The Hall–Kier alpha value is -1.32. The first-order chi connectivity index (χ1) is 9.75. The van der Waals surface area contributed by atoms with Gasteiger partial charge in [-0.2, -0.15) is 0 Å². The summed E-state index contributed by atoms with van der Waals surface area (Å²) in [6.07, 6.45) is 5.68. The molecular formula is C17H23NO2. The van der Waals surface area contributed by atoms with E-state index in [1.807, 2.05) is 0 Å². The number of hydrogen-bond acceptors (Lipinski definition) is 3. The summed E-state index contributed by atoms with van der Waals surface area (Å²) in [5.74, 6) is 0. The van der Waals surface area contributed by atoms with Gasteiger partial charge in [-0.25, -0.2) is 0 Å². The van der Waals surface area contributed by atoms with Gasteiger partial charge in [0, 0.05) is 24.4 Å². The number of piperidine rings is 1. The van der Waals surface area contributed by atoms with Gasteiger partial charge in [0.2, 0.25) is 0 Å². The third-order valence-electron chi connectivity index (χ3n) is 4.07. The highest BCUT2D eigenvalue weighted by atomic mass is 16.5. The molecule has 1 saturated heterocycles. The largest absolute Gasteiger partial charge is 0.391 e. The number of rotatable bonds is 4. The lowest BCUT2D eigenvalue weighted by atomic mass is 10.1. The number of ether oxygens (including phenoxy) is 1. The summed E-state index contributed by atoms with van der Waals surface area (Å²) in [6.45, 7) is 4.42. The first kappa shape index (κ1) is 13.7. The Labute approximate surface area is 120 Å². The van der Waals surface area contributed by atoms with Crippen LogP contribution in [-0.4, -0.2) is 35.8 Å². The number of aliphatic hydroxyl groups excluding tert-OH is 1. The van der Waals surface area contributed by atoms with Gasteiger partial charge in [0.25, 0.3) is 0 Å². The molecule has 20 heavy (non-hydrogen) atoms. The van der Waals surface area contributed by atoms with Gasteiger partial charge in [-0.05, 0) is 37.8 Å². The lowest BCUT2D eigenvalue weighted by molar-refractivity contribution is 0.0178. The van der Waals surface area contributed by atoms with Crippen LogP contribution in [0.1, 0.15) is 43.4 Å². The van der Waals surface area contributed by atoms with E-state index < -0.39 is 6.10 Å². The van der Waals surface area contributed by atoms with Crippen molar-refractivity contribution in [1.82, 2.24) is 4.90 Å². The molecule has 2 aliphatic rings. The maximum Gasteiger partial charge on any atom is 0.104 e. The zero-order valence-corrected chi connectivity index (χ0v) is 12.1. The number of aliphatic hydroxyl groups is 1. The quantitative estimate of drug-likeness (QED) is 0.915. The molecule has 0 spiro atoms. The van der Waals surface area contributed by atoms with Gasteiger partial charge in [-0.1, -0.05) is 24.3 Å². The van der Waals surface area contributed by atoms with E-state index in [-0.39, 0.29) is 6.10 Å². The fraction of sp³-hybridized carbons (Fsp3) is 0.529. The van der Waals surface area contributed by atoms with Crippen LogP contribution in [0.4, 0.5) is 0 Å². The van der Waals surface area contributed by atoms with E-state index >= 15 is 0 Å². The van der Waals surface area contributed by atoms with Gasteiger partial charge < -0.3 is 14.7 Å². The molecule has 1 fully saturated rings. The molecule has 1 aliphatic carbocycles. The van der Waals surface area contributed by atoms with Crippen molar-refractivity contribution in [3.8, 4) is 0 Å². The lowest BCUT2D eigenvalue weighted by Crippen LogP contribution is -2.27. The normalized spacial score (nSPS) is 23.4. The van der Waals surface area contributed by atoms with Crippen LogP contribution < -0.4 is 0 Å². The first-order valence-corrected chi connectivity index (χ1v) is 7.61. The SMILES string of the molecule is CC(O)COC1C=C(N2CCCCC2)c2ccccc21. The molecule has 1 aromatic rings.